The van der Waals surface area contributed by atoms with Gasteiger partial charge in [0.15, 0.2) is 0 Å². The molecular weight excluding hydrogens is 917 g/mol. The lowest BCUT2D eigenvalue weighted by Gasteiger charge is -2.28. The predicted molar refractivity (Wildman–Crippen MR) is 305 cm³/mol. The van der Waals surface area contributed by atoms with Gasteiger partial charge in [-0.15, -0.1) is 0 Å². The van der Waals surface area contributed by atoms with Crippen molar-refractivity contribution in [2.45, 2.75) is 0 Å². The van der Waals surface area contributed by atoms with Gasteiger partial charge in [0.1, 0.15) is 29.9 Å². The van der Waals surface area contributed by atoms with Crippen LogP contribution in [0.1, 0.15) is 11.1 Å². The Labute approximate surface area is 431 Å². The second kappa shape index (κ2) is 16.5. The van der Waals surface area contributed by atoms with Crippen molar-refractivity contribution in [2.75, 3.05) is 16.5 Å². The molecule has 0 amide bonds. The summed E-state index contributed by atoms with van der Waals surface area (Å²) >= 11 is 0. The first-order valence-electron chi connectivity index (χ1n) is 25.1. The number of nitriles is 2. The summed E-state index contributed by atoms with van der Waals surface area (Å²) in [6.07, 6.45) is 1.83. The first-order valence-corrected chi connectivity index (χ1v) is 25.1. The molecular formula is C68H40N6O. The highest BCUT2D eigenvalue weighted by molar-refractivity contribution is 6.25. The molecule has 5 heterocycles. The van der Waals surface area contributed by atoms with Crippen molar-refractivity contribution in [1.29, 1.82) is 10.5 Å². The number of benzene rings is 10. The van der Waals surface area contributed by atoms with Crippen molar-refractivity contribution in [1.82, 2.24) is 9.38 Å². The summed E-state index contributed by atoms with van der Waals surface area (Å²) in [5, 5.41) is 29.3. The van der Waals surface area contributed by atoms with Gasteiger partial charge in [-0.2, -0.15) is 10.5 Å². The molecule has 0 bridgehead atoms. The molecule has 0 aliphatic carbocycles. The Bertz CT molecular complexity index is 4640. The van der Waals surface area contributed by atoms with Crippen molar-refractivity contribution < 1.29 is 4.74 Å². The highest BCUT2D eigenvalue weighted by atomic mass is 16.5. The summed E-state index contributed by atoms with van der Waals surface area (Å²) in [4.78, 5) is 10.0. The lowest BCUT2D eigenvalue weighted by atomic mass is 9.93. The molecule has 13 aromatic rings. The van der Waals surface area contributed by atoms with Gasteiger partial charge in [-0.3, -0.25) is 4.40 Å². The van der Waals surface area contributed by atoms with Gasteiger partial charge in [0.25, 0.3) is 0 Å². The summed E-state index contributed by atoms with van der Waals surface area (Å²) in [5.74, 6) is 0.997. The quantitative estimate of drug-likeness (QED) is 0.171. The Morgan fingerprint density at radius 1 is 0.413 bits per heavy atom. The lowest BCUT2D eigenvalue weighted by Crippen LogP contribution is -2.25. The Balaban J connectivity index is 0.956. The number of fused-ring (bicyclic) bond motifs is 15. The van der Waals surface area contributed by atoms with Crippen LogP contribution >= 0.6 is 0 Å². The van der Waals surface area contributed by atoms with Crippen LogP contribution in [-0.2, 0) is 0 Å². The van der Waals surface area contributed by atoms with Gasteiger partial charge in [0.05, 0.1) is 51.0 Å². The fourth-order valence-electron chi connectivity index (χ4n) is 12.1. The minimum atomic E-state index is 0.371. The summed E-state index contributed by atoms with van der Waals surface area (Å²) in [6.45, 7) is 0.529. The first-order chi connectivity index (χ1) is 37.1. The van der Waals surface area contributed by atoms with Gasteiger partial charge in [0.2, 0.25) is 0 Å². The zero-order valence-corrected chi connectivity index (χ0v) is 40.2. The first kappa shape index (κ1) is 42.2. The fourth-order valence-corrected chi connectivity index (χ4v) is 12.1. The smallest absolute Gasteiger partial charge is 0.147 e. The van der Waals surface area contributed by atoms with Crippen molar-refractivity contribution in [3.63, 3.8) is 0 Å². The number of ether oxygens (including phenoxy) is 1. The van der Waals surface area contributed by atoms with E-state index in [1.54, 1.807) is 0 Å². The van der Waals surface area contributed by atoms with Crippen LogP contribution in [0.3, 0.4) is 0 Å². The number of anilines is 4. The summed E-state index contributed by atoms with van der Waals surface area (Å²) < 4.78 is 9.29. The van der Waals surface area contributed by atoms with Crippen LogP contribution in [0, 0.1) is 22.7 Å². The molecule has 0 unspecified atom stereocenters. The van der Waals surface area contributed by atoms with Crippen molar-refractivity contribution >= 4 is 82.5 Å². The van der Waals surface area contributed by atoms with Crippen LogP contribution in [-0.4, -0.2) is 16.1 Å². The van der Waals surface area contributed by atoms with E-state index < -0.39 is 0 Å². The normalized spacial score (nSPS) is 12.4. The molecule has 7 nitrogen and oxygen atoms in total. The van der Waals surface area contributed by atoms with Gasteiger partial charge >= 0.3 is 0 Å². The number of pyridine rings is 1. The van der Waals surface area contributed by atoms with E-state index in [4.69, 9.17) is 9.72 Å². The van der Waals surface area contributed by atoms with E-state index in [0.29, 0.717) is 29.3 Å². The van der Waals surface area contributed by atoms with Crippen molar-refractivity contribution in [3.8, 4) is 68.1 Å². The third kappa shape index (κ3) is 6.36. The number of para-hydroxylation sites is 2. The number of hydrogen-bond acceptors (Lipinski definition) is 6. The molecule has 3 aromatic heterocycles. The Morgan fingerprint density at radius 3 is 1.65 bits per heavy atom. The zero-order chi connectivity index (χ0) is 49.7. The molecule has 0 N–H and O–H groups in total. The van der Waals surface area contributed by atoms with Gasteiger partial charge in [0, 0.05) is 62.1 Å². The Hall–Kier alpha value is -10.5. The molecule has 2 aliphatic rings. The van der Waals surface area contributed by atoms with E-state index in [-0.39, 0.29) is 0 Å². The number of nitrogens with zero attached hydrogens (tertiary/aromatic N) is 6. The molecule has 0 saturated heterocycles. The molecule has 0 saturated carbocycles. The van der Waals surface area contributed by atoms with Crippen LogP contribution in [0.15, 0.2) is 231 Å². The molecule has 0 fully saturated rings. The number of rotatable bonds is 5. The second-order valence-electron chi connectivity index (χ2n) is 19.2. The topological polar surface area (TPSA) is 80.6 Å². The van der Waals surface area contributed by atoms with Crippen LogP contribution in [0.5, 0.6) is 11.5 Å². The maximum atomic E-state index is 11.1. The molecule has 75 heavy (non-hydrogen) atoms. The molecule has 0 spiro atoms. The summed E-state index contributed by atoms with van der Waals surface area (Å²) in [6, 6.07) is 83.3. The van der Waals surface area contributed by atoms with E-state index in [9.17, 15) is 10.5 Å². The van der Waals surface area contributed by atoms with Crippen LogP contribution in [0.4, 0.5) is 22.7 Å². The maximum absolute atomic E-state index is 11.1. The highest BCUT2D eigenvalue weighted by Gasteiger charge is 2.37. The number of hydrogen-bond donors (Lipinski definition) is 0. The maximum Gasteiger partial charge on any atom is 0.147 e. The minimum Gasteiger partial charge on any atom is -0.456 e. The monoisotopic (exact) mass is 956 g/mol. The average molecular weight is 957 g/mol. The lowest BCUT2D eigenvalue weighted by molar-refractivity contribution is 0.482. The van der Waals surface area contributed by atoms with Crippen LogP contribution in [0.2, 0.25) is 0 Å². The third-order valence-corrected chi connectivity index (χ3v) is 15.3. The summed E-state index contributed by atoms with van der Waals surface area (Å²) in [7, 11) is 0. The van der Waals surface area contributed by atoms with E-state index in [2.05, 4.69) is 208 Å². The second-order valence-corrected chi connectivity index (χ2v) is 19.2. The molecule has 2 aliphatic heterocycles. The zero-order valence-electron chi connectivity index (χ0n) is 40.2. The Kier molecular flexibility index (Phi) is 9.32. The molecule has 15 rings (SSSR count). The highest BCUT2D eigenvalue weighted by Crippen LogP contribution is 2.58. The van der Waals surface area contributed by atoms with Gasteiger partial charge in [-0.1, -0.05) is 164 Å². The van der Waals surface area contributed by atoms with E-state index in [1.807, 2.05) is 48.7 Å². The third-order valence-electron chi connectivity index (χ3n) is 15.3. The van der Waals surface area contributed by atoms with Crippen LogP contribution < -0.4 is 14.5 Å². The van der Waals surface area contributed by atoms with Crippen molar-refractivity contribution in [2.24, 2.45) is 0 Å². The molecule has 348 valence electrons. The van der Waals surface area contributed by atoms with Crippen molar-refractivity contribution in [3.05, 3.63) is 242 Å². The Morgan fingerprint density at radius 2 is 0.973 bits per heavy atom. The van der Waals surface area contributed by atoms with E-state index in [1.165, 1.54) is 0 Å². The molecule has 0 atom stereocenters. The number of aromatic nitrogens is 2. The largest absolute Gasteiger partial charge is 0.456 e. The van der Waals surface area contributed by atoms with Gasteiger partial charge in [-0.05, 0) is 92.3 Å². The average Bonchev–Trinajstić information content (AvgIpc) is 4.01. The van der Waals surface area contributed by atoms with E-state index >= 15 is 0 Å². The van der Waals surface area contributed by atoms with E-state index in [0.717, 1.165) is 127 Å². The predicted octanol–water partition coefficient (Wildman–Crippen LogP) is 17.4. The standard InChI is InChI=1S/C68H40N6O/c69-39-42-34-59-54-25-12-8-21-50(54)49-20-7-11-24-53(49)57-29-15-33-71-68(57)74-63-38-64(45(40-70)36-58(63)60(35-42)66(59)74)75-46-31-32-55-51-22-9-10-23-52(51)56-28-14-30-61-67(56)73(62(55)37-46)41-72(61)65-47(43-16-3-1-4-17-43)26-13-27-48(65)44-18-5-2-6-19-44/h1-38H,41H2. The SMILES string of the molecule is N#Cc1cc2c3ccccc3c3ccccc3c3cccnc3n3c4cc(Oc5ccc6c(c5)N5CN(c7c(-c8ccccc8)cccc7-c7ccccc7)c7cccc(c75)-c5ccccc5-6)c(C#N)cc4c(c1)c23. The van der Waals surface area contributed by atoms with Crippen LogP contribution in [0.25, 0.3) is 104 Å². The van der Waals surface area contributed by atoms with Gasteiger partial charge < -0.3 is 14.5 Å². The fraction of sp³-hybridized carbons (Fsp3) is 0.0147. The van der Waals surface area contributed by atoms with Gasteiger partial charge in [-0.25, -0.2) is 4.98 Å². The summed E-state index contributed by atoms with van der Waals surface area (Å²) in [5.41, 5.74) is 16.7. The minimum absolute atomic E-state index is 0.371. The molecule has 10 aromatic carbocycles. The molecule has 0 radical (unpaired) electrons. The molecule has 7 heteroatoms.